The molecule has 1 unspecified atom stereocenters. The third kappa shape index (κ3) is 5.53. The lowest BCUT2D eigenvalue weighted by Crippen LogP contribution is -2.49. The molecule has 3 aromatic heterocycles. The second-order valence-electron chi connectivity index (χ2n) is 7.93. The van der Waals surface area contributed by atoms with Crippen molar-refractivity contribution in [1.82, 2.24) is 24.5 Å². The molecule has 1 aliphatic heterocycles. The summed E-state index contributed by atoms with van der Waals surface area (Å²) in [5.41, 5.74) is 1.44. The van der Waals surface area contributed by atoms with E-state index in [9.17, 15) is 18.3 Å². The number of fused-ring (bicyclic) bond motifs is 1. The third-order valence-electron chi connectivity index (χ3n) is 5.34. The number of carboxylic acid groups (broad SMARTS) is 1. The molecule has 1 saturated heterocycles. The number of imidazole rings is 1. The van der Waals surface area contributed by atoms with Gasteiger partial charge in [0, 0.05) is 24.8 Å². The van der Waals surface area contributed by atoms with E-state index in [1.807, 2.05) is 18.4 Å². The summed E-state index contributed by atoms with van der Waals surface area (Å²) in [6.45, 7) is 3.79. The van der Waals surface area contributed by atoms with E-state index in [-0.39, 0.29) is 38.0 Å². The highest BCUT2D eigenvalue weighted by Crippen LogP contribution is 2.34. The van der Waals surface area contributed by atoms with Gasteiger partial charge in [-0.3, -0.25) is 4.79 Å². The molecule has 1 fully saturated rings. The lowest BCUT2D eigenvalue weighted by molar-refractivity contribution is -0.152. The van der Waals surface area contributed by atoms with Gasteiger partial charge >= 0.3 is 6.18 Å². The standard InChI is InChI=1S/C20H24F3N7O.CH2O2/c1-12(2)30-14-9-17(25-10-13(14)26-18(30)11-31)27-16-6-7-24-19(28-16)29-8-4-3-5-15(29)20(21,22)23;2-1-3/h6-7,9-10,12,15,31H,3-5,8,11H2,1-2H3,(H,24,25,27,28);1H,(H,2,3). The zero-order valence-electron chi connectivity index (χ0n) is 18.7. The molecule has 184 valence electrons. The molecule has 3 aromatic rings. The normalized spacial score (nSPS) is 16.3. The maximum atomic E-state index is 13.5. The van der Waals surface area contributed by atoms with Gasteiger partial charge in [0.15, 0.2) is 0 Å². The Kier molecular flexibility index (Phi) is 7.87. The number of pyridine rings is 1. The average Bonchev–Trinajstić information content (AvgIpc) is 3.17. The first-order chi connectivity index (χ1) is 16.2. The van der Waals surface area contributed by atoms with Crippen LogP contribution in [0.2, 0.25) is 0 Å². The van der Waals surface area contributed by atoms with Crippen LogP contribution in [0.25, 0.3) is 11.0 Å². The Morgan fingerprint density at radius 3 is 2.62 bits per heavy atom. The van der Waals surface area contributed by atoms with Crippen LogP contribution in [0, 0.1) is 0 Å². The maximum Gasteiger partial charge on any atom is 0.408 e. The number of piperidine rings is 1. The number of rotatable bonds is 5. The minimum atomic E-state index is -4.33. The minimum absolute atomic E-state index is 0.0368. The van der Waals surface area contributed by atoms with E-state index in [0.717, 1.165) is 5.52 Å². The van der Waals surface area contributed by atoms with Gasteiger partial charge in [-0.2, -0.15) is 18.2 Å². The molecule has 0 spiro atoms. The third-order valence-corrected chi connectivity index (χ3v) is 5.34. The Morgan fingerprint density at radius 1 is 1.24 bits per heavy atom. The van der Waals surface area contributed by atoms with Crippen molar-refractivity contribution in [3.8, 4) is 0 Å². The maximum absolute atomic E-state index is 13.5. The lowest BCUT2D eigenvalue weighted by Gasteiger charge is -2.36. The van der Waals surface area contributed by atoms with Gasteiger partial charge in [-0.25, -0.2) is 15.0 Å². The van der Waals surface area contributed by atoms with E-state index < -0.39 is 12.2 Å². The van der Waals surface area contributed by atoms with E-state index in [1.54, 1.807) is 18.3 Å². The summed E-state index contributed by atoms with van der Waals surface area (Å²) in [5, 5.41) is 19.5. The average molecular weight is 481 g/mol. The highest BCUT2D eigenvalue weighted by molar-refractivity contribution is 5.79. The van der Waals surface area contributed by atoms with Crippen molar-refractivity contribution in [2.24, 2.45) is 0 Å². The van der Waals surface area contributed by atoms with Crippen LogP contribution < -0.4 is 10.2 Å². The number of aliphatic hydroxyl groups is 1. The zero-order valence-corrected chi connectivity index (χ0v) is 18.7. The molecular weight excluding hydrogens is 455 g/mol. The van der Waals surface area contributed by atoms with Gasteiger partial charge in [0.05, 0.1) is 11.7 Å². The Balaban J connectivity index is 0.00000103. The first kappa shape index (κ1) is 25.1. The van der Waals surface area contributed by atoms with Crippen molar-refractivity contribution < 1.29 is 28.2 Å². The van der Waals surface area contributed by atoms with E-state index in [2.05, 4.69) is 25.3 Å². The molecule has 34 heavy (non-hydrogen) atoms. The fraction of sp³-hybridized carbons (Fsp3) is 0.476. The molecule has 4 rings (SSSR count). The van der Waals surface area contributed by atoms with Crippen LogP contribution >= 0.6 is 0 Å². The molecule has 0 saturated carbocycles. The molecule has 4 heterocycles. The zero-order chi connectivity index (χ0) is 24.9. The summed E-state index contributed by atoms with van der Waals surface area (Å²) in [5.74, 6) is 1.40. The molecule has 10 nitrogen and oxygen atoms in total. The molecule has 0 amide bonds. The molecule has 0 aliphatic carbocycles. The SMILES string of the molecule is CC(C)n1c(CO)nc2cnc(Nc3ccnc(N4CCCCC4C(F)(F)F)n3)cc21.O=CO. The van der Waals surface area contributed by atoms with Crippen molar-refractivity contribution >= 4 is 35.1 Å². The topological polar surface area (TPSA) is 129 Å². The highest BCUT2D eigenvalue weighted by atomic mass is 19.4. The second kappa shape index (κ2) is 10.6. The summed E-state index contributed by atoms with van der Waals surface area (Å²) in [4.78, 5) is 26.7. The van der Waals surface area contributed by atoms with E-state index in [4.69, 9.17) is 9.90 Å². The van der Waals surface area contributed by atoms with Gasteiger partial charge in [-0.1, -0.05) is 0 Å². The molecule has 13 heteroatoms. The number of alkyl halides is 3. The predicted octanol–water partition coefficient (Wildman–Crippen LogP) is 3.66. The molecule has 3 N–H and O–H groups in total. The number of aliphatic hydroxyl groups excluding tert-OH is 1. The summed E-state index contributed by atoms with van der Waals surface area (Å²) < 4.78 is 42.3. The molecule has 0 bridgehead atoms. The number of nitrogens with one attached hydrogen (secondary N) is 1. The number of hydrogen-bond acceptors (Lipinski definition) is 8. The van der Waals surface area contributed by atoms with Crippen LogP contribution in [0.5, 0.6) is 0 Å². The van der Waals surface area contributed by atoms with E-state index >= 15 is 0 Å². The van der Waals surface area contributed by atoms with Gasteiger partial charge in [-0.05, 0) is 39.2 Å². The van der Waals surface area contributed by atoms with Crippen molar-refractivity contribution in [2.45, 2.75) is 58.0 Å². The number of halogens is 3. The monoisotopic (exact) mass is 481 g/mol. The van der Waals surface area contributed by atoms with Gasteiger partial charge in [0.25, 0.3) is 6.47 Å². The smallest absolute Gasteiger partial charge is 0.408 e. The Bertz CT molecular complexity index is 1120. The van der Waals surface area contributed by atoms with E-state index in [0.29, 0.717) is 35.8 Å². The van der Waals surface area contributed by atoms with Crippen LogP contribution in [-0.4, -0.2) is 60.0 Å². The van der Waals surface area contributed by atoms with Gasteiger partial charge in [0.1, 0.15) is 35.6 Å². The first-order valence-electron chi connectivity index (χ1n) is 10.7. The Labute approximate surface area is 193 Å². The van der Waals surface area contributed by atoms with Gasteiger partial charge < -0.3 is 25.0 Å². The lowest BCUT2D eigenvalue weighted by atomic mass is 10.0. The first-order valence-corrected chi connectivity index (χ1v) is 10.7. The number of nitrogens with zero attached hydrogens (tertiary/aromatic N) is 6. The van der Waals surface area contributed by atoms with Crippen molar-refractivity contribution in [2.75, 3.05) is 16.8 Å². The summed E-state index contributed by atoms with van der Waals surface area (Å²) in [6, 6.07) is 1.86. The number of hydrogen-bond donors (Lipinski definition) is 3. The quantitative estimate of drug-likeness (QED) is 0.468. The van der Waals surface area contributed by atoms with Crippen LogP contribution in [-0.2, 0) is 11.4 Å². The van der Waals surface area contributed by atoms with Crippen LogP contribution in [0.15, 0.2) is 24.5 Å². The van der Waals surface area contributed by atoms with E-state index in [1.165, 1.54) is 11.1 Å². The van der Waals surface area contributed by atoms with Gasteiger partial charge in [0.2, 0.25) is 5.95 Å². The molecule has 0 radical (unpaired) electrons. The molecular formula is C21H26F3N7O3. The number of carbonyl (C=O) groups is 1. The number of aromatic nitrogens is 5. The Morgan fingerprint density at radius 2 is 1.97 bits per heavy atom. The summed E-state index contributed by atoms with van der Waals surface area (Å²) in [6.07, 6.45) is -0.0791. The van der Waals surface area contributed by atoms with Crippen molar-refractivity contribution in [3.63, 3.8) is 0 Å². The number of anilines is 3. The molecule has 0 aromatic carbocycles. The van der Waals surface area contributed by atoms with Crippen molar-refractivity contribution in [1.29, 1.82) is 0 Å². The molecule has 1 atom stereocenters. The van der Waals surface area contributed by atoms with Gasteiger partial charge in [-0.15, -0.1) is 0 Å². The minimum Gasteiger partial charge on any atom is -0.483 e. The Hall–Kier alpha value is -3.48. The van der Waals surface area contributed by atoms with Crippen LogP contribution in [0.4, 0.5) is 30.8 Å². The van der Waals surface area contributed by atoms with Crippen LogP contribution in [0.1, 0.15) is 45.0 Å². The van der Waals surface area contributed by atoms with Crippen LogP contribution in [0.3, 0.4) is 0 Å². The summed E-state index contributed by atoms with van der Waals surface area (Å²) >= 11 is 0. The largest absolute Gasteiger partial charge is 0.483 e. The summed E-state index contributed by atoms with van der Waals surface area (Å²) in [7, 11) is 0. The van der Waals surface area contributed by atoms with Crippen molar-refractivity contribution in [3.05, 3.63) is 30.4 Å². The second-order valence-corrected chi connectivity index (χ2v) is 7.93. The fourth-order valence-electron chi connectivity index (χ4n) is 4.00. The predicted molar refractivity (Wildman–Crippen MR) is 119 cm³/mol. The molecule has 1 aliphatic rings. The fourth-order valence-corrected chi connectivity index (χ4v) is 4.00. The highest BCUT2D eigenvalue weighted by Gasteiger charge is 2.45.